The van der Waals surface area contributed by atoms with Crippen molar-refractivity contribution in [3.05, 3.63) is 0 Å². The standard InChI is InChI=1S/CH5O3P.Ca.2H/c1-5(2,3)4;;;/h1H3,(H2,2,3,4);;;. The van der Waals surface area contributed by atoms with Crippen LogP contribution >= 0.6 is 7.60 Å². The molecule has 0 atom stereocenters. The molecule has 0 unspecified atom stereocenters. The Balaban J connectivity index is 0. The SMILES string of the molecule is CP(=O)(O)O.[CaH2]. The third-order valence-electron chi connectivity index (χ3n) is 0. The summed E-state index contributed by atoms with van der Waals surface area (Å²) in [5.74, 6) is 0. The monoisotopic (exact) mass is 138 g/mol. The van der Waals surface area contributed by atoms with Gasteiger partial charge >= 0.3 is 45.3 Å². The van der Waals surface area contributed by atoms with Gasteiger partial charge in [0.15, 0.2) is 0 Å². The maximum absolute atomic E-state index is 9.33. The molecular formula is CH7CaO3P. The van der Waals surface area contributed by atoms with Crippen LogP contribution in [0.5, 0.6) is 0 Å². The molecule has 0 aliphatic heterocycles. The van der Waals surface area contributed by atoms with E-state index in [2.05, 4.69) is 0 Å². The van der Waals surface area contributed by atoms with Crippen molar-refractivity contribution in [3.8, 4) is 0 Å². The van der Waals surface area contributed by atoms with E-state index in [0.717, 1.165) is 6.66 Å². The van der Waals surface area contributed by atoms with Gasteiger partial charge in [-0.25, -0.2) is 0 Å². The van der Waals surface area contributed by atoms with E-state index in [4.69, 9.17) is 9.79 Å². The van der Waals surface area contributed by atoms with Crippen LogP contribution < -0.4 is 0 Å². The molecule has 0 saturated carbocycles. The van der Waals surface area contributed by atoms with Crippen LogP contribution in [0, 0.1) is 0 Å². The molecule has 0 fully saturated rings. The summed E-state index contributed by atoms with van der Waals surface area (Å²) in [5.41, 5.74) is 0. The quantitative estimate of drug-likeness (QED) is 0.329. The first kappa shape index (κ1) is 10.4. The second-order valence-electron chi connectivity index (χ2n) is 0.835. The predicted octanol–water partition coefficient (Wildman–Crippen LogP) is -1.12. The van der Waals surface area contributed by atoms with Crippen molar-refractivity contribution in [3.63, 3.8) is 0 Å². The van der Waals surface area contributed by atoms with Crippen molar-refractivity contribution >= 4 is 45.3 Å². The van der Waals surface area contributed by atoms with Crippen LogP contribution in [-0.4, -0.2) is 54.2 Å². The minimum absolute atomic E-state index is 0. The van der Waals surface area contributed by atoms with Crippen LogP contribution in [0.4, 0.5) is 0 Å². The molecular weight excluding hydrogens is 131 g/mol. The molecule has 0 amide bonds. The van der Waals surface area contributed by atoms with Crippen LogP contribution in [0.1, 0.15) is 0 Å². The van der Waals surface area contributed by atoms with Crippen molar-refractivity contribution in [1.29, 1.82) is 0 Å². The van der Waals surface area contributed by atoms with Crippen molar-refractivity contribution < 1.29 is 14.4 Å². The zero-order valence-electron chi connectivity index (χ0n) is 2.75. The molecule has 0 spiro atoms. The second kappa shape index (κ2) is 3.42. The first-order chi connectivity index (χ1) is 2.00. The Kier molecular flexibility index (Phi) is 5.92. The molecule has 0 rings (SSSR count). The van der Waals surface area contributed by atoms with Gasteiger partial charge in [-0.1, -0.05) is 0 Å². The molecule has 5 heteroatoms. The van der Waals surface area contributed by atoms with Gasteiger partial charge in [-0.3, -0.25) is 4.57 Å². The first-order valence-corrected chi connectivity index (χ1v) is 3.09. The average molecular weight is 138 g/mol. The van der Waals surface area contributed by atoms with Crippen LogP contribution in [0.15, 0.2) is 0 Å². The van der Waals surface area contributed by atoms with Crippen LogP contribution in [0.3, 0.4) is 0 Å². The van der Waals surface area contributed by atoms with Crippen molar-refractivity contribution in [2.45, 2.75) is 0 Å². The summed E-state index contributed by atoms with van der Waals surface area (Å²) in [6, 6.07) is 0. The first-order valence-electron chi connectivity index (χ1n) is 1.03. The van der Waals surface area contributed by atoms with Crippen molar-refractivity contribution in [2.75, 3.05) is 6.66 Å². The van der Waals surface area contributed by atoms with Gasteiger partial charge in [0.1, 0.15) is 0 Å². The molecule has 6 heavy (non-hydrogen) atoms. The molecule has 0 aromatic rings. The molecule has 3 nitrogen and oxygen atoms in total. The Bertz CT molecular complexity index is 56.9. The van der Waals surface area contributed by atoms with Gasteiger partial charge in [-0.05, 0) is 0 Å². The van der Waals surface area contributed by atoms with E-state index in [9.17, 15) is 4.57 Å². The van der Waals surface area contributed by atoms with E-state index in [1.807, 2.05) is 0 Å². The predicted molar refractivity (Wildman–Crippen MR) is 26.5 cm³/mol. The fraction of sp³-hybridized carbons (Fsp3) is 1.00. The van der Waals surface area contributed by atoms with Gasteiger partial charge in [0.05, 0.1) is 0 Å². The maximum atomic E-state index is 9.33. The summed E-state index contributed by atoms with van der Waals surface area (Å²) in [6.07, 6.45) is 0. The zero-order valence-corrected chi connectivity index (χ0v) is 3.64. The fourth-order valence-corrected chi connectivity index (χ4v) is 0. The van der Waals surface area contributed by atoms with Gasteiger partial charge in [0.25, 0.3) is 0 Å². The molecule has 0 aromatic carbocycles. The molecule has 0 heterocycles. The van der Waals surface area contributed by atoms with Gasteiger partial charge < -0.3 is 9.79 Å². The zero-order chi connectivity index (χ0) is 4.50. The number of rotatable bonds is 0. The van der Waals surface area contributed by atoms with E-state index < -0.39 is 7.60 Å². The van der Waals surface area contributed by atoms with E-state index >= 15 is 0 Å². The van der Waals surface area contributed by atoms with Crippen LogP contribution in [-0.2, 0) is 4.57 Å². The molecule has 0 aliphatic carbocycles. The van der Waals surface area contributed by atoms with E-state index in [1.165, 1.54) is 0 Å². The van der Waals surface area contributed by atoms with E-state index in [1.54, 1.807) is 0 Å². The number of hydrogen-bond donors (Lipinski definition) is 2. The number of hydrogen-bond acceptors (Lipinski definition) is 1. The van der Waals surface area contributed by atoms with Gasteiger partial charge in [-0.2, -0.15) is 0 Å². The van der Waals surface area contributed by atoms with Crippen LogP contribution in [0.2, 0.25) is 0 Å². The normalized spacial score (nSPS) is 9.83. The molecule has 0 aromatic heterocycles. The Morgan fingerprint density at radius 2 is 1.50 bits per heavy atom. The summed E-state index contributed by atoms with van der Waals surface area (Å²) in [5, 5.41) is 0. The Hall–Kier alpha value is 1.41. The van der Waals surface area contributed by atoms with Gasteiger partial charge in [-0.15, -0.1) is 0 Å². The summed E-state index contributed by atoms with van der Waals surface area (Å²) in [4.78, 5) is 15.3. The summed E-state index contributed by atoms with van der Waals surface area (Å²) in [6.45, 7) is 0.854. The van der Waals surface area contributed by atoms with Gasteiger partial charge in [0.2, 0.25) is 0 Å². The Labute approximate surface area is 65.9 Å². The van der Waals surface area contributed by atoms with E-state index in [-0.39, 0.29) is 37.7 Å². The fourth-order valence-electron chi connectivity index (χ4n) is 0. The third kappa shape index (κ3) is 52.9. The van der Waals surface area contributed by atoms with Crippen molar-refractivity contribution in [1.82, 2.24) is 0 Å². The molecule has 36 valence electrons. The summed E-state index contributed by atoms with van der Waals surface area (Å²) < 4.78 is 9.33. The molecule has 0 bridgehead atoms. The average Bonchev–Trinajstić information content (AvgIpc) is 0.722. The van der Waals surface area contributed by atoms with Crippen LogP contribution in [0.25, 0.3) is 0 Å². The Morgan fingerprint density at radius 1 is 1.50 bits per heavy atom. The summed E-state index contributed by atoms with van der Waals surface area (Å²) >= 11 is 0. The van der Waals surface area contributed by atoms with E-state index in [0.29, 0.717) is 0 Å². The molecule has 2 N–H and O–H groups in total. The molecule has 0 aliphatic rings. The van der Waals surface area contributed by atoms with Gasteiger partial charge in [0, 0.05) is 6.66 Å². The molecule has 0 saturated heterocycles. The summed E-state index contributed by atoms with van der Waals surface area (Å²) in [7, 11) is -3.64. The Morgan fingerprint density at radius 3 is 1.50 bits per heavy atom. The molecule has 0 radical (unpaired) electrons. The third-order valence-corrected chi connectivity index (χ3v) is 0. The van der Waals surface area contributed by atoms with Crippen molar-refractivity contribution in [2.24, 2.45) is 0 Å². The second-order valence-corrected chi connectivity index (χ2v) is 2.51. The topological polar surface area (TPSA) is 57.5 Å². The minimum atomic E-state index is -3.64.